The second-order valence-corrected chi connectivity index (χ2v) is 4.71. The fourth-order valence-corrected chi connectivity index (χ4v) is 2.19. The van der Waals surface area contributed by atoms with Gasteiger partial charge in [0.2, 0.25) is 0 Å². The number of benzene rings is 2. The molecule has 0 saturated carbocycles. The van der Waals surface area contributed by atoms with Crippen molar-refractivity contribution in [2.24, 2.45) is 0 Å². The molecule has 0 spiro atoms. The fourth-order valence-electron chi connectivity index (χ4n) is 2.02. The summed E-state index contributed by atoms with van der Waals surface area (Å²) in [6, 6.07) is 11.7. The van der Waals surface area contributed by atoms with Gasteiger partial charge in [-0.3, -0.25) is 0 Å². The van der Waals surface area contributed by atoms with Crippen molar-refractivity contribution < 1.29 is 10.0 Å². The van der Waals surface area contributed by atoms with Crippen molar-refractivity contribution in [3.63, 3.8) is 0 Å². The summed E-state index contributed by atoms with van der Waals surface area (Å²) >= 11 is 4.81. The minimum Gasteiger partial charge on any atom is -0.423 e. The highest BCUT2D eigenvalue weighted by molar-refractivity contribution is 7.78. The number of rotatable bonds is 5. The fraction of sp³-hybridized carbons (Fsp3) is 0.214. The Morgan fingerprint density at radius 1 is 1.06 bits per heavy atom. The molecule has 0 aromatic heterocycles. The molecule has 2 aromatic carbocycles. The minimum absolute atomic E-state index is 0.524. The second-order valence-electron chi connectivity index (χ2n) is 4.37. The largest absolute Gasteiger partial charge is 0.488 e. The molecule has 0 aliphatic rings. The van der Waals surface area contributed by atoms with Crippen LogP contribution in [0.5, 0.6) is 0 Å². The molecule has 0 aliphatic carbocycles. The zero-order valence-electron chi connectivity index (χ0n) is 10.0. The third kappa shape index (κ3) is 3.16. The van der Waals surface area contributed by atoms with E-state index < -0.39 is 7.12 Å². The van der Waals surface area contributed by atoms with Gasteiger partial charge in [0.1, 0.15) is 0 Å². The standard InChI is InChI=1S/C14H15BO2S/c16-15(17)14-7-6-12-9-11(3-1-2-8-18)4-5-13(12)10-14/h4-10,16-17H,1-3H2. The molecule has 2 N–H and O–H groups in total. The van der Waals surface area contributed by atoms with Crippen molar-refractivity contribution in [2.45, 2.75) is 19.3 Å². The molecule has 0 saturated heterocycles. The van der Waals surface area contributed by atoms with Crippen molar-refractivity contribution in [3.8, 4) is 0 Å². The third-order valence-corrected chi connectivity index (χ3v) is 3.25. The minimum atomic E-state index is -1.41. The van der Waals surface area contributed by atoms with Crippen LogP contribution in [0.4, 0.5) is 0 Å². The molecule has 0 unspecified atom stereocenters. The van der Waals surface area contributed by atoms with Gasteiger partial charge in [-0.1, -0.05) is 48.6 Å². The molecule has 2 nitrogen and oxygen atoms in total. The summed E-state index contributed by atoms with van der Waals surface area (Å²) in [6.07, 6.45) is 3.05. The Morgan fingerprint density at radius 3 is 2.50 bits per heavy atom. The first-order valence-electron chi connectivity index (χ1n) is 6.03. The van der Waals surface area contributed by atoms with Crippen molar-refractivity contribution in [3.05, 3.63) is 42.0 Å². The highest BCUT2D eigenvalue weighted by atomic mass is 32.1. The van der Waals surface area contributed by atoms with Gasteiger partial charge < -0.3 is 10.0 Å². The quantitative estimate of drug-likeness (QED) is 0.488. The summed E-state index contributed by atoms with van der Waals surface area (Å²) in [4.78, 5) is 0. The van der Waals surface area contributed by atoms with E-state index in [1.807, 2.05) is 12.1 Å². The summed E-state index contributed by atoms with van der Waals surface area (Å²) < 4.78 is 0. The lowest BCUT2D eigenvalue weighted by Gasteiger charge is -2.05. The van der Waals surface area contributed by atoms with Gasteiger partial charge in [-0.05, 0) is 46.4 Å². The molecule has 0 amide bonds. The molecule has 4 heteroatoms. The predicted molar refractivity (Wildman–Crippen MR) is 80.4 cm³/mol. The summed E-state index contributed by atoms with van der Waals surface area (Å²) in [5, 5.41) is 22.2. The van der Waals surface area contributed by atoms with Gasteiger partial charge in [-0.15, -0.1) is 0 Å². The van der Waals surface area contributed by atoms with Crippen molar-refractivity contribution in [1.82, 2.24) is 0 Å². The molecule has 0 atom stereocenters. The van der Waals surface area contributed by atoms with Crippen LogP contribution in [0.15, 0.2) is 36.4 Å². The maximum absolute atomic E-state index is 9.12. The number of aryl methyl sites for hydroxylation is 1. The van der Waals surface area contributed by atoms with Crippen LogP contribution < -0.4 is 5.46 Å². The monoisotopic (exact) mass is 258 g/mol. The highest BCUT2D eigenvalue weighted by Crippen LogP contribution is 2.16. The third-order valence-electron chi connectivity index (χ3n) is 3.01. The van der Waals surface area contributed by atoms with E-state index in [-0.39, 0.29) is 0 Å². The normalized spacial score (nSPS) is 10.6. The number of fused-ring (bicyclic) bond motifs is 1. The van der Waals surface area contributed by atoms with E-state index in [4.69, 9.17) is 22.3 Å². The summed E-state index contributed by atoms with van der Waals surface area (Å²) in [5.74, 6) is 0. The Bertz CT molecular complexity index is 554. The average Bonchev–Trinajstić information content (AvgIpc) is 2.38. The zero-order valence-corrected chi connectivity index (χ0v) is 10.9. The van der Waals surface area contributed by atoms with Crippen molar-refractivity contribution >= 4 is 40.9 Å². The number of hydrogen-bond acceptors (Lipinski definition) is 3. The molecule has 92 valence electrons. The summed E-state index contributed by atoms with van der Waals surface area (Å²) in [7, 11) is -1.41. The van der Waals surface area contributed by atoms with E-state index in [1.54, 1.807) is 17.5 Å². The lowest BCUT2D eigenvalue weighted by Crippen LogP contribution is -2.29. The molecule has 0 bridgehead atoms. The SMILES string of the molecule is OB(O)c1ccc2cc(CCCC=S)ccc2c1. The van der Waals surface area contributed by atoms with Crippen LogP contribution in [-0.4, -0.2) is 22.5 Å². The number of thiocarbonyl (C=S) groups is 1. The van der Waals surface area contributed by atoms with Crippen LogP contribution in [0.25, 0.3) is 10.8 Å². The average molecular weight is 258 g/mol. The summed E-state index contributed by atoms with van der Waals surface area (Å²) in [5.41, 5.74) is 1.81. The maximum atomic E-state index is 9.12. The van der Waals surface area contributed by atoms with E-state index in [1.165, 1.54) is 5.56 Å². The first-order chi connectivity index (χ1) is 8.70. The van der Waals surface area contributed by atoms with E-state index in [0.717, 1.165) is 30.0 Å². The van der Waals surface area contributed by atoms with Crippen LogP contribution in [0.2, 0.25) is 0 Å². The maximum Gasteiger partial charge on any atom is 0.488 e. The van der Waals surface area contributed by atoms with Crippen LogP contribution in [-0.2, 0) is 6.42 Å². The molecule has 18 heavy (non-hydrogen) atoms. The second kappa shape index (κ2) is 6.09. The van der Waals surface area contributed by atoms with Crippen LogP contribution in [0, 0.1) is 0 Å². The van der Waals surface area contributed by atoms with Gasteiger partial charge in [-0.25, -0.2) is 0 Å². The Balaban J connectivity index is 2.24. The van der Waals surface area contributed by atoms with Crippen LogP contribution in [0.1, 0.15) is 18.4 Å². The molecule has 2 aromatic rings. The van der Waals surface area contributed by atoms with E-state index >= 15 is 0 Å². The molecule has 0 radical (unpaired) electrons. The van der Waals surface area contributed by atoms with Gasteiger partial charge in [0, 0.05) is 0 Å². The van der Waals surface area contributed by atoms with Gasteiger partial charge in [0.05, 0.1) is 0 Å². The summed E-state index contributed by atoms with van der Waals surface area (Å²) in [6.45, 7) is 0. The molecule has 2 rings (SSSR count). The first-order valence-corrected chi connectivity index (χ1v) is 6.50. The number of hydrogen-bond donors (Lipinski definition) is 2. The van der Waals surface area contributed by atoms with Gasteiger partial charge in [-0.2, -0.15) is 0 Å². The smallest absolute Gasteiger partial charge is 0.423 e. The van der Waals surface area contributed by atoms with Crippen LogP contribution in [0.3, 0.4) is 0 Å². The Morgan fingerprint density at radius 2 is 1.78 bits per heavy atom. The van der Waals surface area contributed by atoms with E-state index in [0.29, 0.717) is 5.46 Å². The van der Waals surface area contributed by atoms with E-state index in [9.17, 15) is 0 Å². The van der Waals surface area contributed by atoms with Crippen LogP contribution >= 0.6 is 12.2 Å². The Kier molecular flexibility index (Phi) is 4.47. The Hall–Kier alpha value is -1.23. The molecule has 0 aliphatic heterocycles. The molecular weight excluding hydrogens is 243 g/mol. The Labute approximate surface area is 112 Å². The topological polar surface area (TPSA) is 40.5 Å². The lowest BCUT2D eigenvalue weighted by atomic mass is 9.79. The predicted octanol–water partition coefficient (Wildman–Crippen LogP) is 1.84. The number of unbranched alkanes of at least 4 members (excludes halogenated alkanes) is 1. The molecule has 0 heterocycles. The lowest BCUT2D eigenvalue weighted by molar-refractivity contribution is 0.426. The van der Waals surface area contributed by atoms with Crippen molar-refractivity contribution in [2.75, 3.05) is 0 Å². The van der Waals surface area contributed by atoms with Gasteiger partial charge in [0.15, 0.2) is 0 Å². The van der Waals surface area contributed by atoms with Gasteiger partial charge in [0.25, 0.3) is 0 Å². The van der Waals surface area contributed by atoms with Gasteiger partial charge >= 0.3 is 7.12 Å². The molecule has 0 fully saturated rings. The first kappa shape index (κ1) is 13.2. The molecular formula is C14H15BO2S. The van der Waals surface area contributed by atoms with E-state index in [2.05, 4.69) is 12.1 Å². The highest BCUT2D eigenvalue weighted by Gasteiger charge is 2.10. The van der Waals surface area contributed by atoms with Crippen molar-refractivity contribution in [1.29, 1.82) is 0 Å². The zero-order chi connectivity index (χ0) is 13.0.